The van der Waals surface area contributed by atoms with E-state index in [-0.39, 0.29) is 18.9 Å². The molecular weight excluding hydrogens is 250 g/mol. The lowest BCUT2D eigenvalue weighted by molar-refractivity contribution is -0.0373. The van der Waals surface area contributed by atoms with Crippen molar-refractivity contribution in [2.24, 2.45) is 0 Å². The molecule has 1 aliphatic rings. The van der Waals surface area contributed by atoms with Crippen LogP contribution in [0, 0.1) is 6.92 Å². The molecule has 3 rings (SSSR count). The van der Waals surface area contributed by atoms with E-state index in [1.54, 1.807) is 12.3 Å². The molecule has 102 valence electrons. The first-order chi connectivity index (χ1) is 9.05. The van der Waals surface area contributed by atoms with Gasteiger partial charge in [-0.2, -0.15) is 5.10 Å². The predicted molar refractivity (Wildman–Crippen MR) is 69.5 cm³/mol. The van der Waals surface area contributed by atoms with Crippen molar-refractivity contribution in [3.8, 4) is 0 Å². The summed E-state index contributed by atoms with van der Waals surface area (Å²) < 4.78 is 26.8. The molecule has 4 nitrogen and oxygen atoms in total. The zero-order valence-electron chi connectivity index (χ0n) is 10.7. The van der Waals surface area contributed by atoms with Crippen LogP contribution in [0.1, 0.15) is 31.4 Å². The number of rotatable bonds is 2. The lowest BCUT2D eigenvalue weighted by atomic mass is 9.92. The Hall–Kier alpha value is -1.72. The van der Waals surface area contributed by atoms with Gasteiger partial charge in [-0.05, 0) is 25.8 Å². The Balaban J connectivity index is 1.87. The van der Waals surface area contributed by atoms with Crippen molar-refractivity contribution in [1.82, 2.24) is 15.2 Å². The number of hydrogen-bond acceptors (Lipinski definition) is 3. The van der Waals surface area contributed by atoms with E-state index in [0.717, 1.165) is 23.0 Å². The number of aromatic amines is 1. The van der Waals surface area contributed by atoms with E-state index in [1.165, 1.54) is 0 Å². The van der Waals surface area contributed by atoms with Gasteiger partial charge in [0.15, 0.2) is 0 Å². The Kier molecular flexibility index (Phi) is 2.88. The first kappa shape index (κ1) is 12.3. The highest BCUT2D eigenvalue weighted by Gasteiger charge is 2.36. The van der Waals surface area contributed by atoms with Crippen LogP contribution in [0.15, 0.2) is 12.3 Å². The first-order valence-corrected chi connectivity index (χ1v) is 6.49. The van der Waals surface area contributed by atoms with Crippen LogP contribution in [0.2, 0.25) is 0 Å². The number of pyridine rings is 1. The molecule has 0 spiro atoms. The Morgan fingerprint density at radius 2 is 2.32 bits per heavy atom. The second-order valence-corrected chi connectivity index (χ2v) is 5.20. The van der Waals surface area contributed by atoms with Gasteiger partial charge in [0.05, 0.1) is 10.9 Å². The maximum absolute atomic E-state index is 13.4. The van der Waals surface area contributed by atoms with Crippen LogP contribution in [0.25, 0.3) is 10.9 Å². The summed E-state index contributed by atoms with van der Waals surface area (Å²) >= 11 is 0. The Morgan fingerprint density at radius 3 is 3.11 bits per heavy atom. The number of anilines is 1. The summed E-state index contributed by atoms with van der Waals surface area (Å²) in [5.41, 5.74) is 1.70. The second-order valence-electron chi connectivity index (χ2n) is 5.20. The summed E-state index contributed by atoms with van der Waals surface area (Å²) in [7, 11) is 0. The van der Waals surface area contributed by atoms with Crippen molar-refractivity contribution in [3.05, 3.63) is 18.0 Å². The van der Waals surface area contributed by atoms with Crippen molar-refractivity contribution in [3.63, 3.8) is 0 Å². The molecule has 1 aliphatic carbocycles. The van der Waals surface area contributed by atoms with E-state index in [1.807, 2.05) is 6.92 Å². The van der Waals surface area contributed by atoms with Gasteiger partial charge < -0.3 is 5.32 Å². The summed E-state index contributed by atoms with van der Waals surface area (Å²) in [6.07, 6.45) is 2.82. The molecule has 2 aromatic rings. The van der Waals surface area contributed by atoms with Crippen molar-refractivity contribution in [1.29, 1.82) is 0 Å². The molecule has 0 amide bonds. The zero-order valence-corrected chi connectivity index (χ0v) is 10.7. The van der Waals surface area contributed by atoms with Gasteiger partial charge in [0.1, 0.15) is 5.82 Å². The number of aromatic nitrogens is 3. The molecule has 19 heavy (non-hydrogen) atoms. The van der Waals surface area contributed by atoms with Crippen molar-refractivity contribution in [2.45, 2.75) is 44.6 Å². The monoisotopic (exact) mass is 266 g/mol. The number of aryl methyl sites for hydroxylation is 1. The van der Waals surface area contributed by atoms with Crippen LogP contribution in [-0.2, 0) is 0 Å². The van der Waals surface area contributed by atoms with Crippen LogP contribution in [0.4, 0.5) is 14.6 Å². The van der Waals surface area contributed by atoms with Gasteiger partial charge in [0, 0.05) is 30.8 Å². The molecule has 1 unspecified atom stereocenters. The van der Waals surface area contributed by atoms with E-state index in [9.17, 15) is 8.78 Å². The molecule has 0 aromatic carbocycles. The molecule has 2 aromatic heterocycles. The van der Waals surface area contributed by atoms with Gasteiger partial charge in [-0.15, -0.1) is 0 Å². The van der Waals surface area contributed by atoms with Crippen LogP contribution < -0.4 is 5.32 Å². The molecule has 1 fully saturated rings. The summed E-state index contributed by atoms with van der Waals surface area (Å²) in [6, 6.07) is 1.58. The minimum Gasteiger partial charge on any atom is -0.366 e. The number of hydrogen-bond donors (Lipinski definition) is 2. The van der Waals surface area contributed by atoms with Gasteiger partial charge in [0.25, 0.3) is 0 Å². The Labute approximate surface area is 109 Å². The van der Waals surface area contributed by atoms with Gasteiger partial charge in [-0.25, -0.2) is 13.8 Å². The van der Waals surface area contributed by atoms with Crippen LogP contribution in [0.3, 0.4) is 0 Å². The molecule has 1 saturated carbocycles. The fourth-order valence-corrected chi connectivity index (χ4v) is 2.71. The van der Waals surface area contributed by atoms with E-state index in [2.05, 4.69) is 20.5 Å². The lowest BCUT2D eigenvalue weighted by Gasteiger charge is -2.29. The topological polar surface area (TPSA) is 53.6 Å². The summed E-state index contributed by atoms with van der Waals surface area (Å²) in [5, 5.41) is 11.1. The minimum atomic E-state index is -2.56. The van der Waals surface area contributed by atoms with Gasteiger partial charge in [-0.1, -0.05) is 0 Å². The fraction of sp³-hybridized carbons (Fsp3) is 0.538. The molecule has 0 aliphatic heterocycles. The molecule has 0 bridgehead atoms. The highest BCUT2D eigenvalue weighted by Crippen LogP contribution is 2.35. The van der Waals surface area contributed by atoms with Crippen LogP contribution in [-0.4, -0.2) is 27.1 Å². The molecule has 0 saturated heterocycles. The predicted octanol–water partition coefficient (Wildman–Crippen LogP) is 3.26. The SMILES string of the molecule is Cc1[nH]nc2ccnc(NC3CCCC(F)(F)C3)c12. The number of alkyl halides is 2. The van der Waals surface area contributed by atoms with Gasteiger partial charge >= 0.3 is 0 Å². The Bertz CT molecular complexity index is 593. The van der Waals surface area contributed by atoms with Crippen LogP contribution >= 0.6 is 0 Å². The summed E-state index contributed by atoms with van der Waals surface area (Å²) in [5.74, 6) is -1.92. The maximum Gasteiger partial charge on any atom is 0.250 e. The highest BCUT2D eigenvalue weighted by molar-refractivity contribution is 5.91. The highest BCUT2D eigenvalue weighted by atomic mass is 19.3. The second kappa shape index (κ2) is 4.43. The quantitative estimate of drug-likeness (QED) is 0.877. The van der Waals surface area contributed by atoms with E-state index >= 15 is 0 Å². The normalized spacial score (nSPS) is 22.6. The Morgan fingerprint density at radius 1 is 1.47 bits per heavy atom. The summed E-state index contributed by atoms with van der Waals surface area (Å²) in [4.78, 5) is 4.27. The zero-order chi connectivity index (χ0) is 13.5. The molecular formula is C13H16F2N4. The largest absolute Gasteiger partial charge is 0.366 e. The first-order valence-electron chi connectivity index (χ1n) is 6.49. The molecule has 0 radical (unpaired) electrons. The summed E-state index contributed by atoms with van der Waals surface area (Å²) in [6.45, 7) is 1.90. The minimum absolute atomic E-state index is 0.00640. The number of nitrogens with zero attached hydrogens (tertiary/aromatic N) is 2. The third kappa shape index (κ3) is 2.39. The molecule has 2 N–H and O–H groups in total. The van der Waals surface area contributed by atoms with Gasteiger partial charge in [-0.3, -0.25) is 5.10 Å². The standard InChI is InChI=1S/C13H16F2N4/c1-8-11-10(19-18-8)4-6-16-12(11)17-9-3-2-5-13(14,15)7-9/h4,6,9H,2-3,5,7H2,1H3,(H,16,17)(H,18,19). The number of fused-ring (bicyclic) bond motifs is 1. The van der Waals surface area contributed by atoms with E-state index in [0.29, 0.717) is 12.2 Å². The lowest BCUT2D eigenvalue weighted by Crippen LogP contribution is -2.34. The fourth-order valence-electron chi connectivity index (χ4n) is 2.71. The third-order valence-electron chi connectivity index (χ3n) is 3.63. The molecule has 6 heteroatoms. The number of H-pyrrole nitrogens is 1. The average Bonchev–Trinajstić information content (AvgIpc) is 2.71. The van der Waals surface area contributed by atoms with E-state index < -0.39 is 5.92 Å². The molecule has 2 heterocycles. The molecule has 1 atom stereocenters. The van der Waals surface area contributed by atoms with Crippen LogP contribution in [0.5, 0.6) is 0 Å². The third-order valence-corrected chi connectivity index (χ3v) is 3.63. The van der Waals surface area contributed by atoms with E-state index in [4.69, 9.17) is 0 Å². The van der Waals surface area contributed by atoms with Crippen molar-refractivity contribution >= 4 is 16.7 Å². The average molecular weight is 266 g/mol. The number of nitrogens with one attached hydrogen (secondary N) is 2. The maximum atomic E-state index is 13.4. The smallest absolute Gasteiger partial charge is 0.250 e. The van der Waals surface area contributed by atoms with Gasteiger partial charge in [0.2, 0.25) is 5.92 Å². The van der Waals surface area contributed by atoms with Crippen molar-refractivity contribution < 1.29 is 8.78 Å². The van der Waals surface area contributed by atoms with Crippen molar-refractivity contribution in [2.75, 3.05) is 5.32 Å². The number of halogens is 2.